The van der Waals surface area contributed by atoms with E-state index in [1.165, 1.54) is 31.4 Å². The van der Waals surface area contributed by atoms with Crippen LogP contribution in [0.2, 0.25) is 0 Å². The highest BCUT2D eigenvalue weighted by Crippen LogP contribution is 2.33. The highest BCUT2D eigenvalue weighted by Gasteiger charge is 2.40. The van der Waals surface area contributed by atoms with Crippen LogP contribution in [0.1, 0.15) is 45.1 Å². The third-order valence-corrected chi connectivity index (χ3v) is 4.82. The highest BCUT2D eigenvalue weighted by molar-refractivity contribution is 6.27. The Labute approximate surface area is 154 Å². The van der Waals surface area contributed by atoms with Crippen molar-refractivity contribution in [1.29, 1.82) is 0 Å². The number of carbonyl (C=O) groups is 2. The zero-order chi connectivity index (χ0) is 19.3. The minimum absolute atomic E-state index is 0.170. The van der Waals surface area contributed by atoms with E-state index in [4.69, 9.17) is 26.2 Å². The van der Waals surface area contributed by atoms with Gasteiger partial charge in [0.1, 0.15) is 0 Å². The van der Waals surface area contributed by atoms with E-state index in [1.54, 1.807) is 0 Å². The second-order valence-corrected chi connectivity index (χ2v) is 7.42. The van der Waals surface area contributed by atoms with E-state index < -0.39 is 11.9 Å². The second kappa shape index (κ2) is 8.24. The molecule has 0 spiro atoms. The highest BCUT2D eigenvalue weighted by atomic mass is 16.4. The SMILES string of the molecule is C#Cc1ccc(N2CC(C)(C)N[C@H]3CCCC[C@@H]32)cc1.O=C(O)C(=O)O. The lowest BCUT2D eigenvalue weighted by molar-refractivity contribution is -0.159. The van der Waals surface area contributed by atoms with Gasteiger partial charge in [-0.05, 0) is 51.0 Å². The van der Waals surface area contributed by atoms with Crippen LogP contribution >= 0.6 is 0 Å². The van der Waals surface area contributed by atoms with E-state index in [9.17, 15) is 0 Å². The Kier molecular flexibility index (Phi) is 6.27. The Morgan fingerprint density at radius 1 is 1.15 bits per heavy atom. The first-order valence-corrected chi connectivity index (χ1v) is 8.81. The van der Waals surface area contributed by atoms with Crippen LogP contribution in [0.5, 0.6) is 0 Å². The van der Waals surface area contributed by atoms with Crippen LogP contribution in [0.15, 0.2) is 24.3 Å². The summed E-state index contributed by atoms with van der Waals surface area (Å²) in [5.74, 6) is -0.949. The fraction of sp³-hybridized carbons (Fsp3) is 0.500. The summed E-state index contributed by atoms with van der Waals surface area (Å²) in [6.07, 6.45) is 10.8. The number of anilines is 1. The van der Waals surface area contributed by atoms with E-state index in [0.29, 0.717) is 12.1 Å². The zero-order valence-electron chi connectivity index (χ0n) is 15.2. The van der Waals surface area contributed by atoms with E-state index in [0.717, 1.165) is 12.1 Å². The number of hydrogen-bond donors (Lipinski definition) is 3. The van der Waals surface area contributed by atoms with Gasteiger partial charge in [-0.2, -0.15) is 0 Å². The van der Waals surface area contributed by atoms with Crippen molar-refractivity contribution in [2.45, 2.75) is 57.2 Å². The number of rotatable bonds is 1. The van der Waals surface area contributed by atoms with Gasteiger partial charge in [0.25, 0.3) is 0 Å². The van der Waals surface area contributed by atoms with Crippen molar-refractivity contribution in [2.24, 2.45) is 0 Å². The first-order chi connectivity index (χ1) is 12.2. The first-order valence-electron chi connectivity index (χ1n) is 8.81. The molecule has 0 bridgehead atoms. The van der Waals surface area contributed by atoms with Crippen LogP contribution in [0.4, 0.5) is 5.69 Å². The second-order valence-electron chi connectivity index (χ2n) is 7.42. The number of terminal acetylenes is 1. The predicted octanol–water partition coefficient (Wildman–Crippen LogP) is 2.32. The van der Waals surface area contributed by atoms with Crippen LogP contribution in [0.3, 0.4) is 0 Å². The summed E-state index contributed by atoms with van der Waals surface area (Å²) in [5.41, 5.74) is 2.45. The molecular weight excluding hydrogens is 332 g/mol. The number of benzene rings is 1. The molecule has 1 aromatic carbocycles. The third kappa shape index (κ3) is 4.99. The molecule has 1 heterocycles. The molecule has 1 aliphatic heterocycles. The molecule has 140 valence electrons. The van der Waals surface area contributed by atoms with Crippen LogP contribution in [-0.2, 0) is 9.59 Å². The molecule has 6 nitrogen and oxygen atoms in total. The van der Waals surface area contributed by atoms with Gasteiger partial charge in [-0.25, -0.2) is 9.59 Å². The maximum Gasteiger partial charge on any atom is 0.414 e. The maximum absolute atomic E-state index is 9.10. The Bertz CT molecular complexity index is 679. The normalized spacial score (nSPS) is 23.7. The molecule has 2 fully saturated rings. The summed E-state index contributed by atoms with van der Waals surface area (Å²) >= 11 is 0. The lowest BCUT2D eigenvalue weighted by atomic mass is 9.83. The number of carboxylic acids is 2. The van der Waals surface area contributed by atoms with E-state index in [-0.39, 0.29) is 5.54 Å². The Balaban J connectivity index is 0.000000352. The summed E-state index contributed by atoms with van der Waals surface area (Å²) in [6.45, 7) is 5.67. The van der Waals surface area contributed by atoms with E-state index >= 15 is 0 Å². The van der Waals surface area contributed by atoms with Crippen LogP contribution < -0.4 is 10.2 Å². The van der Waals surface area contributed by atoms with Crippen molar-refractivity contribution in [3.05, 3.63) is 29.8 Å². The Morgan fingerprint density at radius 2 is 1.73 bits per heavy atom. The molecule has 3 N–H and O–H groups in total. The lowest BCUT2D eigenvalue weighted by Crippen LogP contribution is -2.67. The topological polar surface area (TPSA) is 89.9 Å². The molecule has 1 saturated heterocycles. The van der Waals surface area contributed by atoms with Crippen molar-refractivity contribution in [2.75, 3.05) is 11.4 Å². The molecule has 1 saturated carbocycles. The molecule has 26 heavy (non-hydrogen) atoms. The average Bonchev–Trinajstić information content (AvgIpc) is 2.60. The molecular formula is C20H26N2O4. The molecule has 0 unspecified atom stereocenters. The van der Waals surface area contributed by atoms with Gasteiger partial charge in [0, 0.05) is 35.4 Å². The summed E-state index contributed by atoms with van der Waals surface area (Å²) in [5, 5.41) is 18.6. The van der Waals surface area contributed by atoms with Gasteiger partial charge in [-0.15, -0.1) is 6.42 Å². The Morgan fingerprint density at radius 3 is 2.27 bits per heavy atom. The third-order valence-electron chi connectivity index (χ3n) is 4.82. The van der Waals surface area contributed by atoms with Gasteiger partial charge >= 0.3 is 11.9 Å². The quantitative estimate of drug-likeness (QED) is 0.527. The Hall–Kier alpha value is -2.52. The number of aliphatic carboxylic acids is 2. The predicted molar refractivity (Wildman–Crippen MR) is 100 cm³/mol. The fourth-order valence-corrected chi connectivity index (χ4v) is 3.78. The van der Waals surface area contributed by atoms with Crippen LogP contribution in [0, 0.1) is 12.3 Å². The lowest BCUT2D eigenvalue weighted by Gasteiger charge is -2.52. The van der Waals surface area contributed by atoms with Gasteiger partial charge in [0.15, 0.2) is 0 Å². The van der Waals surface area contributed by atoms with Crippen LogP contribution in [0.25, 0.3) is 0 Å². The number of fused-ring (bicyclic) bond motifs is 1. The molecule has 2 atom stereocenters. The number of hydrogen-bond acceptors (Lipinski definition) is 4. The molecule has 0 amide bonds. The van der Waals surface area contributed by atoms with E-state index in [2.05, 4.69) is 54.3 Å². The monoisotopic (exact) mass is 358 g/mol. The molecule has 2 aliphatic rings. The first kappa shape index (κ1) is 19.8. The minimum Gasteiger partial charge on any atom is -0.473 e. The molecule has 0 radical (unpaired) electrons. The largest absolute Gasteiger partial charge is 0.473 e. The van der Waals surface area contributed by atoms with Crippen molar-refractivity contribution >= 4 is 17.6 Å². The molecule has 6 heteroatoms. The number of nitrogens with one attached hydrogen (secondary N) is 1. The number of piperazine rings is 1. The minimum atomic E-state index is -1.82. The summed E-state index contributed by atoms with van der Waals surface area (Å²) in [7, 11) is 0. The van der Waals surface area contributed by atoms with Gasteiger partial charge in [0.05, 0.1) is 0 Å². The summed E-state index contributed by atoms with van der Waals surface area (Å²) in [4.78, 5) is 20.8. The molecule has 0 aromatic heterocycles. The standard InChI is InChI=1S/C18H24N2.C2H2O4/c1-4-14-9-11-15(12-10-14)20-13-18(2,3)19-16-7-5-6-8-17(16)20;3-1(4)2(5)6/h1,9-12,16-17,19H,5-8,13H2,2-3H3;(H,3,4)(H,5,6)/t16-,17-;/m0./s1. The number of carboxylic acid groups (broad SMARTS) is 2. The van der Waals surface area contributed by atoms with E-state index in [1.807, 2.05) is 0 Å². The van der Waals surface area contributed by atoms with Crippen molar-refractivity contribution in [1.82, 2.24) is 5.32 Å². The summed E-state index contributed by atoms with van der Waals surface area (Å²) in [6, 6.07) is 9.74. The fourth-order valence-electron chi connectivity index (χ4n) is 3.78. The smallest absolute Gasteiger partial charge is 0.414 e. The average molecular weight is 358 g/mol. The summed E-state index contributed by atoms with van der Waals surface area (Å²) < 4.78 is 0. The van der Waals surface area contributed by atoms with Gasteiger partial charge in [0.2, 0.25) is 0 Å². The van der Waals surface area contributed by atoms with Crippen LogP contribution in [-0.4, -0.2) is 46.3 Å². The molecule has 3 rings (SSSR count). The molecule has 1 aliphatic carbocycles. The molecule has 1 aromatic rings. The maximum atomic E-state index is 9.10. The zero-order valence-corrected chi connectivity index (χ0v) is 15.2. The van der Waals surface area contributed by atoms with Crippen molar-refractivity contribution in [3.8, 4) is 12.3 Å². The van der Waals surface area contributed by atoms with Gasteiger partial charge in [-0.3, -0.25) is 0 Å². The van der Waals surface area contributed by atoms with Gasteiger partial charge in [-0.1, -0.05) is 18.8 Å². The van der Waals surface area contributed by atoms with Crippen molar-refractivity contribution < 1.29 is 19.8 Å². The van der Waals surface area contributed by atoms with Gasteiger partial charge < -0.3 is 20.4 Å². The van der Waals surface area contributed by atoms with Crippen molar-refractivity contribution in [3.63, 3.8) is 0 Å². The number of nitrogens with zero attached hydrogens (tertiary/aromatic N) is 1.